The number of carbonyl (C=O) groups excluding carboxylic acids is 1. The summed E-state index contributed by atoms with van der Waals surface area (Å²) in [5.41, 5.74) is 6.05. The lowest BCUT2D eigenvalue weighted by Gasteiger charge is -2.40. The summed E-state index contributed by atoms with van der Waals surface area (Å²) in [5, 5.41) is 8.40. The molecular weight excluding hydrogens is 492 g/mol. The molecule has 194 valence electrons. The van der Waals surface area contributed by atoms with Gasteiger partial charge in [-0.15, -0.1) is 0 Å². The van der Waals surface area contributed by atoms with E-state index in [0.717, 1.165) is 18.3 Å². The standard InChI is InChI=1S/C24H24F4N8O/c1-33-5-7-35(8-6-33)36(13-15-4-3-14(11-30-15)24(26,27)28)23(37)16-9-17-20(10-19(16)25)32-22(29)18-12-31-34(2)21(17)18/h3-4,9-12H,5-8,13H2,1-2H3,(H2,29,32). The van der Waals surface area contributed by atoms with Crippen LogP contribution < -0.4 is 5.73 Å². The molecule has 0 spiro atoms. The fourth-order valence-electron chi connectivity index (χ4n) is 4.46. The maximum Gasteiger partial charge on any atom is 0.417 e. The number of halogens is 4. The van der Waals surface area contributed by atoms with Crippen LogP contribution in [0.4, 0.5) is 23.4 Å². The Bertz CT molecular complexity index is 1480. The van der Waals surface area contributed by atoms with Gasteiger partial charge in [0.15, 0.2) is 0 Å². The van der Waals surface area contributed by atoms with Gasteiger partial charge in [0.2, 0.25) is 0 Å². The summed E-state index contributed by atoms with van der Waals surface area (Å²) in [6, 6.07) is 4.72. The Morgan fingerprint density at radius 1 is 1.08 bits per heavy atom. The number of likely N-dealkylation sites (N-methyl/N-ethyl adjacent to an activating group) is 1. The second kappa shape index (κ2) is 9.23. The van der Waals surface area contributed by atoms with Crippen LogP contribution in [-0.2, 0) is 19.8 Å². The van der Waals surface area contributed by atoms with Gasteiger partial charge in [0.05, 0.1) is 46.0 Å². The predicted molar refractivity (Wildman–Crippen MR) is 129 cm³/mol. The molecule has 1 amide bonds. The predicted octanol–water partition coefficient (Wildman–Crippen LogP) is 3.06. The van der Waals surface area contributed by atoms with Crippen molar-refractivity contribution in [3.05, 3.63) is 59.3 Å². The second-order valence-corrected chi connectivity index (χ2v) is 9.03. The molecular formula is C24H24F4N8O. The Morgan fingerprint density at radius 2 is 1.81 bits per heavy atom. The third-order valence-electron chi connectivity index (χ3n) is 6.55. The Balaban J connectivity index is 1.56. The van der Waals surface area contributed by atoms with E-state index in [2.05, 4.69) is 20.0 Å². The number of fused-ring (bicyclic) bond motifs is 3. The van der Waals surface area contributed by atoms with Crippen molar-refractivity contribution in [2.45, 2.75) is 12.7 Å². The summed E-state index contributed by atoms with van der Waals surface area (Å²) in [7, 11) is 3.65. The van der Waals surface area contributed by atoms with Crippen LogP contribution in [0.3, 0.4) is 0 Å². The van der Waals surface area contributed by atoms with Crippen LogP contribution in [-0.4, -0.2) is 73.8 Å². The van der Waals surface area contributed by atoms with E-state index < -0.39 is 23.5 Å². The van der Waals surface area contributed by atoms with Gasteiger partial charge in [0, 0.05) is 50.9 Å². The van der Waals surface area contributed by atoms with Crippen molar-refractivity contribution in [2.75, 3.05) is 39.0 Å². The van der Waals surface area contributed by atoms with E-state index in [4.69, 9.17) is 5.73 Å². The van der Waals surface area contributed by atoms with Gasteiger partial charge in [-0.1, -0.05) is 0 Å². The maximum absolute atomic E-state index is 15.3. The van der Waals surface area contributed by atoms with Crippen LogP contribution in [0.1, 0.15) is 21.6 Å². The number of anilines is 1. The van der Waals surface area contributed by atoms with Gasteiger partial charge in [-0.3, -0.25) is 19.5 Å². The SMILES string of the molecule is CN1CCN(N(Cc2ccc(C(F)(F)F)cn2)C(=O)c2cc3c(cc2F)nc(N)c2cnn(C)c23)CC1. The molecule has 0 aliphatic carbocycles. The number of carbonyl (C=O) groups is 1. The van der Waals surface area contributed by atoms with Crippen molar-refractivity contribution in [2.24, 2.45) is 7.05 Å². The van der Waals surface area contributed by atoms with Crippen molar-refractivity contribution in [1.29, 1.82) is 0 Å². The molecule has 1 aromatic carbocycles. The average molecular weight is 517 g/mol. The summed E-state index contributed by atoms with van der Waals surface area (Å²) < 4.78 is 55.9. The minimum Gasteiger partial charge on any atom is -0.383 e. The number of nitrogens with zero attached hydrogens (tertiary/aromatic N) is 7. The first-order chi connectivity index (χ1) is 17.5. The molecule has 0 radical (unpaired) electrons. The molecule has 0 saturated carbocycles. The quantitative estimate of drug-likeness (QED) is 0.417. The molecule has 0 unspecified atom stereocenters. The lowest BCUT2D eigenvalue weighted by molar-refractivity contribution is -0.137. The fourth-order valence-corrected chi connectivity index (χ4v) is 4.46. The molecule has 13 heteroatoms. The highest BCUT2D eigenvalue weighted by molar-refractivity contribution is 6.10. The number of rotatable bonds is 4. The van der Waals surface area contributed by atoms with Gasteiger partial charge in [-0.25, -0.2) is 14.4 Å². The van der Waals surface area contributed by atoms with E-state index >= 15 is 4.39 Å². The highest BCUT2D eigenvalue weighted by atomic mass is 19.4. The third kappa shape index (κ3) is 4.67. The molecule has 2 N–H and O–H groups in total. The zero-order chi connectivity index (χ0) is 26.5. The minimum atomic E-state index is -4.53. The van der Waals surface area contributed by atoms with E-state index in [1.165, 1.54) is 17.1 Å². The van der Waals surface area contributed by atoms with E-state index in [1.807, 2.05) is 7.05 Å². The topological polar surface area (TPSA) is 96.4 Å². The van der Waals surface area contributed by atoms with Crippen molar-refractivity contribution in [1.82, 2.24) is 34.7 Å². The summed E-state index contributed by atoms with van der Waals surface area (Å²) in [4.78, 5) is 24.1. The summed E-state index contributed by atoms with van der Waals surface area (Å²) in [5.74, 6) is -1.23. The van der Waals surface area contributed by atoms with Crippen molar-refractivity contribution in [3.63, 3.8) is 0 Å². The molecule has 5 rings (SSSR count). The number of hydrazine groups is 1. The number of aromatic nitrogens is 4. The van der Waals surface area contributed by atoms with Gasteiger partial charge >= 0.3 is 6.18 Å². The average Bonchev–Trinajstić information content (AvgIpc) is 3.25. The summed E-state index contributed by atoms with van der Waals surface area (Å²) in [6.45, 7) is 2.13. The first kappa shape index (κ1) is 24.8. The first-order valence-corrected chi connectivity index (χ1v) is 11.5. The number of nitrogens with two attached hydrogens (primary N) is 1. The molecule has 1 aliphatic rings. The lowest BCUT2D eigenvalue weighted by Crippen LogP contribution is -2.54. The van der Waals surface area contributed by atoms with Gasteiger partial charge < -0.3 is 10.6 Å². The van der Waals surface area contributed by atoms with Gasteiger partial charge in [-0.2, -0.15) is 18.3 Å². The van der Waals surface area contributed by atoms with Crippen LogP contribution in [0.5, 0.6) is 0 Å². The fraction of sp³-hybridized carbons (Fsp3) is 0.333. The Kier molecular flexibility index (Phi) is 6.20. The van der Waals surface area contributed by atoms with E-state index in [1.54, 1.807) is 22.9 Å². The molecule has 1 aliphatic heterocycles. The van der Waals surface area contributed by atoms with Gasteiger partial charge in [0.1, 0.15) is 11.6 Å². The highest BCUT2D eigenvalue weighted by Crippen LogP contribution is 2.31. The number of pyridine rings is 2. The Labute approximate surface area is 209 Å². The lowest BCUT2D eigenvalue weighted by atomic mass is 10.1. The Morgan fingerprint density at radius 3 is 2.46 bits per heavy atom. The van der Waals surface area contributed by atoms with E-state index in [0.29, 0.717) is 42.5 Å². The molecule has 4 heterocycles. The first-order valence-electron chi connectivity index (χ1n) is 11.5. The Hall–Kier alpha value is -3.84. The van der Waals surface area contributed by atoms with Gasteiger partial charge in [-0.05, 0) is 25.2 Å². The maximum atomic E-state index is 15.3. The zero-order valence-corrected chi connectivity index (χ0v) is 20.1. The zero-order valence-electron chi connectivity index (χ0n) is 20.1. The van der Waals surface area contributed by atoms with Crippen LogP contribution in [0.15, 0.2) is 36.7 Å². The summed E-state index contributed by atoms with van der Waals surface area (Å²) >= 11 is 0. The molecule has 0 atom stereocenters. The van der Waals surface area contributed by atoms with Crippen LogP contribution >= 0.6 is 0 Å². The smallest absolute Gasteiger partial charge is 0.383 e. The monoisotopic (exact) mass is 516 g/mol. The number of amides is 1. The minimum absolute atomic E-state index is 0.126. The van der Waals surface area contributed by atoms with Crippen molar-refractivity contribution >= 4 is 33.5 Å². The number of piperazine rings is 1. The van der Waals surface area contributed by atoms with Gasteiger partial charge in [0.25, 0.3) is 5.91 Å². The van der Waals surface area contributed by atoms with Crippen molar-refractivity contribution < 1.29 is 22.4 Å². The van der Waals surface area contributed by atoms with Crippen LogP contribution in [0.25, 0.3) is 21.8 Å². The second-order valence-electron chi connectivity index (χ2n) is 9.03. The molecule has 37 heavy (non-hydrogen) atoms. The number of nitrogen functional groups attached to an aromatic ring is 1. The molecule has 9 nitrogen and oxygen atoms in total. The largest absolute Gasteiger partial charge is 0.417 e. The highest BCUT2D eigenvalue weighted by Gasteiger charge is 2.32. The normalized spacial score (nSPS) is 15.5. The molecule has 1 fully saturated rings. The number of hydrogen-bond acceptors (Lipinski definition) is 7. The molecule has 4 aromatic rings. The number of alkyl halides is 3. The summed E-state index contributed by atoms with van der Waals surface area (Å²) in [6.07, 6.45) is -2.25. The number of benzene rings is 1. The number of aryl methyl sites for hydroxylation is 1. The van der Waals surface area contributed by atoms with Crippen LogP contribution in [0.2, 0.25) is 0 Å². The third-order valence-corrected chi connectivity index (χ3v) is 6.55. The molecule has 0 bridgehead atoms. The van der Waals surface area contributed by atoms with Crippen molar-refractivity contribution in [3.8, 4) is 0 Å². The molecule has 3 aromatic heterocycles. The molecule has 1 saturated heterocycles. The van der Waals surface area contributed by atoms with E-state index in [9.17, 15) is 18.0 Å². The van der Waals surface area contributed by atoms with Crippen LogP contribution in [0, 0.1) is 5.82 Å². The number of hydrogen-bond donors (Lipinski definition) is 1. The van der Waals surface area contributed by atoms with E-state index in [-0.39, 0.29) is 29.1 Å².